The van der Waals surface area contributed by atoms with Crippen LogP contribution in [-0.2, 0) is 11.3 Å². The summed E-state index contributed by atoms with van der Waals surface area (Å²) in [7, 11) is 1.36. The molecular formula is C13H10ClF3N4O2. The van der Waals surface area contributed by atoms with Crippen molar-refractivity contribution in [1.82, 2.24) is 14.8 Å². The highest BCUT2D eigenvalue weighted by molar-refractivity contribution is 6.29. The normalized spacial score (nSPS) is 17.7. The molecule has 0 saturated carbocycles. The number of fused-ring (bicyclic) bond motifs is 1. The summed E-state index contributed by atoms with van der Waals surface area (Å²) in [6.45, 7) is -1.25. The van der Waals surface area contributed by atoms with Gasteiger partial charge in [0.25, 0.3) is 5.91 Å². The van der Waals surface area contributed by atoms with Crippen LogP contribution in [0, 0.1) is 0 Å². The molecule has 2 aromatic rings. The first-order chi connectivity index (χ1) is 10.8. The zero-order valence-corrected chi connectivity index (χ0v) is 12.5. The maximum absolute atomic E-state index is 12.5. The summed E-state index contributed by atoms with van der Waals surface area (Å²) in [5.41, 5.74) is 0.776. The number of methoxy groups -OCH3 is 1. The fourth-order valence-electron chi connectivity index (χ4n) is 2.39. The molecule has 6 nitrogen and oxygen atoms in total. The third-order valence-corrected chi connectivity index (χ3v) is 3.48. The lowest BCUT2D eigenvalue weighted by Gasteiger charge is -2.21. The van der Waals surface area contributed by atoms with E-state index in [0.717, 1.165) is 6.20 Å². The first-order valence-electron chi connectivity index (χ1n) is 6.42. The van der Waals surface area contributed by atoms with Gasteiger partial charge < -0.3 is 4.74 Å². The smallest absolute Gasteiger partial charge is 0.355 e. The fraction of sp³-hybridized carbons (Fsp3) is 0.308. The van der Waals surface area contributed by atoms with Crippen molar-refractivity contribution in [2.45, 2.75) is 18.9 Å². The van der Waals surface area contributed by atoms with E-state index in [-0.39, 0.29) is 16.4 Å². The highest BCUT2D eigenvalue weighted by atomic mass is 35.5. The lowest BCUT2D eigenvalue weighted by Crippen LogP contribution is -2.28. The topological polar surface area (TPSA) is 60.2 Å². The van der Waals surface area contributed by atoms with Gasteiger partial charge in [0.1, 0.15) is 17.4 Å². The first-order valence-corrected chi connectivity index (χ1v) is 6.80. The van der Waals surface area contributed by atoms with E-state index in [0.29, 0.717) is 10.4 Å². The Kier molecular flexibility index (Phi) is 3.77. The highest BCUT2D eigenvalue weighted by Crippen LogP contribution is 2.37. The second-order valence-electron chi connectivity index (χ2n) is 4.84. The van der Waals surface area contributed by atoms with Crippen LogP contribution in [0.4, 0.5) is 18.9 Å². The molecule has 0 N–H and O–H groups in total. The minimum absolute atomic E-state index is 0.181. The Balaban J connectivity index is 1.96. The van der Waals surface area contributed by atoms with E-state index >= 15 is 0 Å². The summed E-state index contributed by atoms with van der Waals surface area (Å²) in [6.07, 6.45) is -2.98. The molecular weight excluding hydrogens is 337 g/mol. The molecule has 1 unspecified atom stereocenters. The molecule has 3 rings (SSSR count). The molecule has 2 aromatic heterocycles. The van der Waals surface area contributed by atoms with Crippen molar-refractivity contribution in [3.63, 3.8) is 0 Å². The van der Waals surface area contributed by atoms with Crippen molar-refractivity contribution in [1.29, 1.82) is 0 Å². The number of carbonyl (C=O) groups is 1. The van der Waals surface area contributed by atoms with Gasteiger partial charge in [-0.15, -0.1) is 0 Å². The third-order valence-electron chi connectivity index (χ3n) is 3.27. The predicted molar refractivity (Wildman–Crippen MR) is 74.1 cm³/mol. The minimum Gasteiger partial charge on any atom is -0.355 e. The molecule has 1 aliphatic rings. The highest BCUT2D eigenvalue weighted by Gasteiger charge is 2.40. The summed E-state index contributed by atoms with van der Waals surface area (Å²) in [5.74, 6) is -0.442. The first kappa shape index (κ1) is 15.8. The number of carbonyl (C=O) groups excluding carboxylic acids is 1. The molecule has 0 bridgehead atoms. The van der Waals surface area contributed by atoms with Crippen LogP contribution < -0.4 is 4.90 Å². The average molecular weight is 347 g/mol. The van der Waals surface area contributed by atoms with E-state index in [1.54, 1.807) is 0 Å². The van der Waals surface area contributed by atoms with Crippen LogP contribution in [-0.4, -0.2) is 34.0 Å². The average Bonchev–Trinajstić information content (AvgIpc) is 2.99. The molecule has 1 aliphatic heterocycles. The maximum atomic E-state index is 12.5. The Hall–Kier alpha value is -2.13. The SMILES string of the molecule is COC1c2nc(Cl)ccc2C(=O)N1c1cnn(CC(F)(F)F)c1. The zero-order chi connectivity index (χ0) is 16.8. The van der Waals surface area contributed by atoms with Gasteiger partial charge in [-0.3, -0.25) is 14.4 Å². The number of aromatic nitrogens is 3. The summed E-state index contributed by atoms with van der Waals surface area (Å²) >= 11 is 5.83. The van der Waals surface area contributed by atoms with Gasteiger partial charge >= 0.3 is 6.18 Å². The van der Waals surface area contributed by atoms with Crippen molar-refractivity contribution in [3.05, 3.63) is 40.9 Å². The van der Waals surface area contributed by atoms with Crippen LogP contribution in [0.3, 0.4) is 0 Å². The Morgan fingerprint density at radius 1 is 1.39 bits per heavy atom. The molecule has 0 fully saturated rings. The molecule has 122 valence electrons. The second-order valence-corrected chi connectivity index (χ2v) is 5.23. The number of hydrogen-bond acceptors (Lipinski definition) is 4. The molecule has 3 heterocycles. The number of halogens is 4. The number of hydrogen-bond donors (Lipinski definition) is 0. The molecule has 1 amide bonds. The van der Waals surface area contributed by atoms with E-state index in [1.807, 2.05) is 0 Å². The monoisotopic (exact) mass is 346 g/mol. The van der Waals surface area contributed by atoms with Gasteiger partial charge in [-0.05, 0) is 12.1 Å². The number of rotatable bonds is 3. The predicted octanol–water partition coefficient (Wildman–Crippen LogP) is 2.80. The van der Waals surface area contributed by atoms with Crippen LogP contribution >= 0.6 is 11.6 Å². The lowest BCUT2D eigenvalue weighted by molar-refractivity contribution is -0.142. The Morgan fingerprint density at radius 3 is 2.78 bits per heavy atom. The van der Waals surface area contributed by atoms with Gasteiger partial charge in [0.2, 0.25) is 0 Å². The summed E-state index contributed by atoms with van der Waals surface area (Å²) in [6, 6.07) is 2.96. The third kappa shape index (κ3) is 2.89. The van der Waals surface area contributed by atoms with E-state index in [2.05, 4.69) is 10.1 Å². The van der Waals surface area contributed by atoms with Crippen LogP contribution in [0.1, 0.15) is 22.3 Å². The van der Waals surface area contributed by atoms with Crippen molar-refractivity contribution in [2.24, 2.45) is 0 Å². The molecule has 23 heavy (non-hydrogen) atoms. The Bertz CT molecular complexity index is 762. The number of alkyl halides is 3. The van der Waals surface area contributed by atoms with Crippen LogP contribution in [0.15, 0.2) is 24.5 Å². The number of ether oxygens (including phenoxy) is 1. The lowest BCUT2D eigenvalue weighted by atomic mass is 10.2. The molecule has 0 spiro atoms. The van der Waals surface area contributed by atoms with Crippen LogP contribution in [0.25, 0.3) is 0 Å². The number of pyridine rings is 1. The van der Waals surface area contributed by atoms with E-state index < -0.39 is 24.9 Å². The van der Waals surface area contributed by atoms with E-state index in [4.69, 9.17) is 16.3 Å². The molecule has 1 atom stereocenters. The fourth-order valence-corrected chi connectivity index (χ4v) is 2.55. The number of nitrogens with zero attached hydrogens (tertiary/aromatic N) is 4. The van der Waals surface area contributed by atoms with Gasteiger partial charge in [-0.2, -0.15) is 18.3 Å². The van der Waals surface area contributed by atoms with E-state index in [9.17, 15) is 18.0 Å². The van der Waals surface area contributed by atoms with Crippen molar-refractivity contribution in [3.8, 4) is 0 Å². The molecule has 0 saturated heterocycles. The number of anilines is 1. The molecule has 0 aliphatic carbocycles. The summed E-state index contributed by atoms with van der Waals surface area (Å²) in [4.78, 5) is 17.7. The Morgan fingerprint density at radius 2 is 2.13 bits per heavy atom. The standard InChI is InChI=1S/C13H10ClF3N4O2/c1-23-12-10-8(2-3-9(14)19-10)11(22)21(12)7-4-18-20(5-7)6-13(15,16)17/h2-5,12H,6H2,1H3. The Labute approximate surface area is 133 Å². The molecule has 0 aromatic carbocycles. The number of amides is 1. The van der Waals surface area contributed by atoms with Crippen molar-refractivity contribution < 1.29 is 22.7 Å². The largest absolute Gasteiger partial charge is 0.408 e. The van der Waals surface area contributed by atoms with Gasteiger partial charge in [-0.25, -0.2) is 4.98 Å². The van der Waals surface area contributed by atoms with Crippen molar-refractivity contribution >= 4 is 23.2 Å². The summed E-state index contributed by atoms with van der Waals surface area (Å²) < 4.78 is 43.2. The van der Waals surface area contributed by atoms with E-state index in [1.165, 1.54) is 30.3 Å². The van der Waals surface area contributed by atoms with Gasteiger partial charge in [0.15, 0.2) is 6.23 Å². The minimum atomic E-state index is -4.41. The van der Waals surface area contributed by atoms with Gasteiger partial charge in [0.05, 0.1) is 17.4 Å². The van der Waals surface area contributed by atoms with Crippen LogP contribution in [0.2, 0.25) is 5.15 Å². The summed E-state index contributed by atoms with van der Waals surface area (Å²) in [5, 5.41) is 3.82. The van der Waals surface area contributed by atoms with Crippen LogP contribution in [0.5, 0.6) is 0 Å². The van der Waals surface area contributed by atoms with Crippen molar-refractivity contribution in [2.75, 3.05) is 12.0 Å². The van der Waals surface area contributed by atoms with Gasteiger partial charge in [0, 0.05) is 13.3 Å². The maximum Gasteiger partial charge on any atom is 0.408 e. The molecule has 10 heteroatoms. The second kappa shape index (κ2) is 5.50. The quantitative estimate of drug-likeness (QED) is 0.802. The molecule has 0 radical (unpaired) electrons. The zero-order valence-electron chi connectivity index (χ0n) is 11.7. The van der Waals surface area contributed by atoms with Gasteiger partial charge in [-0.1, -0.05) is 11.6 Å².